The molecule has 0 saturated carbocycles. The molecule has 7 nitrogen and oxygen atoms in total. The topological polar surface area (TPSA) is 84.9 Å². The lowest BCUT2D eigenvalue weighted by atomic mass is 9.76. The summed E-state index contributed by atoms with van der Waals surface area (Å²) < 4.78 is 63.1. The van der Waals surface area contributed by atoms with E-state index >= 15 is 0 Å². The lowest BCUT2D eigenvalue weighted by molar-refractivity contribution is -0.0819. The third-order valence-corrected chi connectivity index (χ3v) is 8.41. The Morgan fingerprint density at radius 3 is 2.50 bits per heavy atom. The summed E-state index contributed by atoms with van der Waals surface area (Å²) in [4.78, 5) is 13.4. The van der Waals surface area contributed by atoms with Crippen molar-refractivity contribution in [2.24, 2.45) is 5.92 Å². The van der Waals surface area contributed by atoms with Gasteiger partial charge in [-0.3, -0.25) is 0 Å². The van der Waals surface area contributed by atoms with E-state index in [4.69, 9.17) is 13.6 Å². The highest BCUT2D eigenvalue weighted by Gasteiger charge is 2.49. The van der Waals surface area contributed by atoms with Crippen LogP contribution in [0, 0.1) is 5.92 Å². The quantitative estimate of drug-likeness (QED) is 0.440. The summed E-state index contributed by atoms with van der Waals surface area (Å²) in [5, 5.41) is 2.54. The lowest BCUT2D eigenvalue weighted by Crippen LogP contribution is -2.56. The Morgan fingerprint density at radius 2 is 1.81 bits per heavy atom. The summed E-state index contributed by atoms with van der Waals surface area (Å²) in [6.07, 6.45) is 0.125. The molecule has 0 bridgehead atoms. The van der Waals surface area contributed by atoms with Crippen molar-refractivity contribution >= 4 is 16.0 Å². The van der Waals surface area contributed by atoms with E-state index in [2.05, 4.69) is 5.32 Å². The van der Waals surface area contributed by atoms with Crippen molar-refractivity contribution in [2.45, 2.75) is 17.8 Å². The van der Waals surface area contributed by atoms with Crippen LogP contribution in [0.3, 0.4) is 0 Å². The highest BCUT2D eigenvalue weighted by Crippen LogP contribution is 2.43. The first kappa shape index (κ1) is 22.0. The zero-order chi connectivity index (χ0) is 28.1. The number of esters is 1. The fourth-order valence-corrected chi connectivity index (χ4v) is 6.29. The second-order valence-electron chi connectivity index (χ2n) is 8.80. The zero-order valence-electron chi connectivity index (χ0n) is 23.1. The highest BCUT2D eigenvalue weighted by molar-refractivity contribution is 7.88. The van der Waals surface area contributed by atoms with Crippen LogP contribution in [0.15, 0.2) is 84.9 Å². The van der Waals surface area contributed by atoms with Gasteiger partial charge >= 0.3 is 5.97 Å². The van der Waals surface area contributed by atoms with Crippen LogP contribution >= 0.6 is 0 Å². The van der Waals surface area contributed by atoms with E-state index in [1.807, 2.05) is 6.07 Å². The van der Waals surface area contributed by atoms with Gasteiger partial charge < -0.3 is 14.8 Å². The molecule has 4 rings (SSSR count). The van der Waals surface area contributed by atoms with Gasteiger partial charge in [0.25, 0.3) is 0 Å². The second kappa shape index (κ2) is 11.2. The molecule has 0 spiro atoms. The number of hydrogen-bond donors (Lipinski definition) is 1. The van der Waals surface area contributed by atoms with Crippen LogP contribution < -0.4 is 10.1 Å². The summed E-state index contributed by atoms with van der Waals surface area (Å²) >= 11 is 0. The van der Waals surface area contributed by atoms with E-state index in [0.717, 1.165) is 0 Å². The fourth-order valence-electron chi connectivity index (χ4n) is 4.72. The Kier molecular flexibility index (Phi) is 6.88. The molecular weight excluding hydrogens is 476 g/mol. The van der Waals surface area contributed by atoms with Crippen LogP contribution in [-0.4, -0.2) is 52.4 Å². The van der Waals surface area contributed by atoms with Gasteiger partial charge in [0.15, 0.2) is 0 Å². The normalized spacial score (nSPS) is 22.1. The highest BCUT2D eigenvalue weighted by atomic mass is 32.2. The van der Waals surface area contributed by atoms with Gasteiger partial charge in [0.2, 0.25) is 10.0 Å². The largest absolute Gasteiger partial charge is 0.497 e. The minimum atomic E-state index is -3.75. The predicted molar refractivity (Wildman–Crippen MR) is 139 cm³/mol. The Morgan fingerprint density at radius 1 is 1.08 bits per heavy atom. The number of piperidine rings is 1. The minimum Gasteiger partial charge on any atom is -0.497 e. The molecular formula is C28H32N2O5S. The van der Waals surface area contributed by atoms with E-state index < -0.39 is 34.5 Å². The number of methoxy groups -OCH3 is 1. The zero-order valence-corrected chi connectivity index (χ0v) is 20.9. The Balaban J connectivity index is 1.74. The average molecular weight is 512 g/mol. The van der Waals surface area contributed by atoms with Crippen LogP contribution in [0.1, 0.15) is 32.0 Å². The molecule has 0 aliphatic carbocycles. The first-order valence-electron chi connectivity index (χ1n) is 13.2. The average Bonchev–Trinajstić information content (AvgIpc) is 2.92. The van der Waals surface area contributed by atoms with Gasteiger partial charge in [-0.15, -0.1) is 0 Å². The molecule has 36 heavy (non-hydrogen) atoms. The van der Waals surface area contributed by atoms with Gasteiger partial charge in [0, 0.05) is 36.1 Å². The molecule has 1 aliphatic rings. The van der Waals surface area contributed by atoms with Crippen molar-refractivity contribution in [3.8, 4) is 5.75 Å². The van der Waals surface area contributed by atoms with Crippen molar-refractivity contribution in [1.82, 2.24) is 9.62 Å². The first-order chi connectivity index (χ1) is 18.5. The van der Waals surface area contributed by atoms with Gasteiger partial charge in [0.05, 0.1) is 18.4 Å². The molecule has 1 fully saturated rings. The summed E-state index contributed by atoms with van der Waals surface area (Å²) in [5.74, 6) is -0.970. The summed E-state index contributed by atoms with van der Waals surface area (Å²) in [6, 6.07) is 24.4. The smallest absolute Gasteiger partial charge is 0.339 e. The Bertz CT molecular complexity index is 1370. The molecule has 1 saturated heterocycles. The number of carbonyl (C=O) groups excluding carboxylic acids is 1. The van der Waals surface area contributed by atoms with Crippen LogP contribution in [0.5, 0.6) is 5.75 Å². The second-order valence-corrected chi connectivity index (χ2v) is 10.8. The maximum atomic E-state index is 13.5. The Hall–Kier alpha value is -3.20. The molecule has 0 unspecified atom stereocenters. The molecule has 1 heterocycles. The first-order valence-corrected chi connectivity index (χ1v) is 13.3. The number of ether oxygens (including phenoxy) is 2. The fraction of sp³-hybridized carbons (Fsp3) is 0.321. The van der Waals surface area contributed by atoms with E-state index in [-0.39, 0.29) is 31.8 Å². The predicted octanol–water partition coefficient (Wildman–Crippen LogP) is 3.82. The maximum absolute atomic E-state index is 13.5. The minimum absolute atomic E-state index is 0.0441. The van der Waals surface area contributed by atoms with Crippen molar-refractivity contribution in [3.63, 3.8) is 0 Å². The monoisotopic (exact) mass is 511 g/mol. The van der Waals surface area contributed by atoms with E-state index in [0.29, 0.717) is 22.4 Å². The van der Waals surface area contributed by atoms with Crippen molar-refractivity contribution in [3.05, 3.63) is 102 Å². The van der Waals surface area contributed by atoms with Crippen molar-refractivity contribution in [1.29, 1.82) is 0 Å². The number of nitrogens with zero attached hydrogens (tertiary/aromatic N) is 1. The number of carbonyl (C=O) groups is 1. The van der Waals surface area contributed by atoms with E-state index in [1.54, 1.807) is 78.9 Å². The number of benzene rings is 3. The Labute approximate surface area is 217 Å². The third-order valence-electron chi connectivity index (χ3n) is 6.59. The third kappa shape index (κ3) is 5.61. The number of nitrogens with one attached hydrogen (secondary N) is 1. The van der Waals surface area contributed by atoms with Gasteiger partial charge in [-0.25, -0.2) is 17.5 Å². The number of sulfonamides is 1. The molecule has 8 heteroatoms. The number of hydrogen-bond acceptors (Lipinski definition) is 6. The van der Waals surface area contributed by atoms with Gasteiger partial charge in [-0.2, -0.15) is 0 Å². The van der Waals surface area contributed by atoms with E-state index in [1.165, 1.54) is 11.4 Å². The van der Waals surface area contributed by atoms with Crippen LogP contribution in [0.4, 0.5) is 0 Å². The van der Waals surface area contributed by atoms with Crippen LogP contribution in [0.2, 0.25) is 0 Å². The molecule has 3 aromatic rings. The molecule has 1 N–H and O–H groups in total. The summed E-state index contributed by atoms with van der Waals surface area (Å²) in [5.41, 5.74) is 0.262. The van der Waals surface area contributed by atoms with Gasteiger partial charge in [-0.1, -0.05) is 60.7 Å². The molecule has 0 aromatic heterocycles. The maximum Gasteiger partial charge on any atom is 0.339 e. The summed E-state index contributed by atoms with van der Waals surface area (Å²) in [7, 11) is -2.23. The van der Waals surface area contributed by atoms with E-state index in [9.17, 15) is 13.2 Å². The van der Waals surface area contributed by atoms with Gasteiger partial charge in [0.1, 0.15) is 11.4 Å². The summed E-state index contributed by atoms with van der Waals surface area (Å²) in [6.45, 7) is -2.56. The SMILES string of the molecule is [2H]C([2H])([2H])NC[C@@H]1CN(S(=O)(=O)Cc2ccccc2)CC[C@@]1(OC(=O)c1ccccc1)c1cccc(OC)c1. The molecule has 0 radical (unpaired) electrons. The molecule has 1 aliphatic heterocycles. The lowest BCUT2D eigenvalue weighted by Gasteiger charge is -2.47. The van der Waals surface area contributed by atoms with Crippen LogP contribution in [0.25, 0.3) is 0 Å². The molecule has 2 atom stereocenters. The standard InChI is InChI=1S/C28H32N2O5S/c1-29-19-25-20-30(36(32,33)21-22-10-5-3-6-11-22)17-16-28(25,24-14-9-15-26(18-24)34-2)35-27(31)23-12-7-4-8-13-23/h3-15,18,25,29H,16-17,19-21H2,1-2H3/t25-,28-/m1/s1/i1D3. The van der Waals surface area contributed by atoms with Crippen molar-refractivity contribution < 1.29 is 26.8 Å². The molecule has 0 amide bonds. The van der Waals surface area contributed by atoms with Gasteiger partial charge in [-0.05, 0) is 42.4 Å². The molecule has 190 valence electrons. The molecule has 3 aromatic carbocycles. The number of rotatable bonds is 9. The van der Waals surface area contributed by atoms with Crippen LogP contribution in [-0.2, 0) is 26.1 Å². The van der Waals surface area contributed by atoms with Crippen molar-refractivity contribution in [2.75, 3.05) is 33.7 Å².